The predicted octanol–water partition coefficient (Wildman–Crippen LogP) is 7.22. The lowest BCUT2D eigenvalue weighted by atomic mass is 9.55. The van der Waals surface area contributed by atoms with Crippen molar-refractivity contribution in [2.24, 2.45) is 11.3 Å². The van der Waals surface area contributed by atoms with Gasteiger partial charge in [-0.25, -0.2) is 0 Å². The standard InChI is InChI=1S/C33H34O8S2/c1-25-22-32(2,3)24-33(23-25,26-14-18-30(19-15-26)40-42(34,35)38-28-10-6-4-7-11-28)27-16-20-31(21-17-27)41-43(36,37)39-29-12-8-5-9-13-29/h4-21,25H,22-24H2,1-3H3. The van der Waals surface area contributed by atoms with Crippen molar-refractivity contribution in [1.82, 2.24) is 0 Å². The Hall–Kier alpha value is -4.02. The molecule has 0 heterocycles. The maximum atomic E-state index is 12.5. The molecule has 4 aromatic carbocycles. The summed E-state index contributed by atoms with van der Waals surface area (Å²) in [6.07, 6.45) is 2.73. The highest BCUT2D eigenvalue weighted by Gasteiger charge is 2.45. The molecular weight excluding hydrogens is 588 g/mol. The van der Waals surface area contributed by atoms with Gasteiger partial charge in [-0.2, -0.15) is 0 Å². The Morgan fingerprint density at radius 3 is 1.23 bits per heavy atom. The first-order chi connectivity index (χ1) is 20.3. The average Bonchev–Trinajstić information content (AvgIpc) is 2.93. The summed E-state index contributed by atoms with van der Waals surface area (Å²) in [5.41, 5.74) is 1.59. The number of para-hydroxylation sites is 2. The number of rotatable bonds is 10. The first-order valence-corrected chi connectivity index (χ1v) is 16.6. The molecule has 1 aliphatic carbocycles. The van der Waals surface area contributed by atoms with E-state index in [1.54, 1.807) is 60.7 Å². The maximum absolute atomic E-state index is 12.5. The van der Waals surface area contributed by atoms with Gasteiger partial charge in [0.05, 0.1) is 0 Å². The minimum Gasteiger partial charge on any atom is -0.353 e. The van der Waals surface area contributed by atoms with Gasteiger partial charge in [-0.15, -0.1) is 16.8 Å². The van der Waals surface area contributed by atoms with Crippen LogP contribution in [0.4, 0.5) is 0 Å². The third-order valence-electron chi connectivity index (χ3n) is 7.47. The molecule has 0 saturated heterocycles. The number of benzene rings is 4. The fraction of sp³-hybridized carbons (Fsp3) is 0.273. The van der Waals surface area contributed by atoms with Gasteiger partial charge in [0.1, 0.15) is 23.0 Å². The molecule has 0 aromatic heterocycles. The normalized spacial score (nSPS) is 17.9. The van der Waals surface area contributed by atoms with E-state index in [-0.39, 0.29) is 28.4 Å². The summed E-state index contributed by atoms with van der Waals surface area (Å²) < 4.78 is 70.5. The van der Waals surface area contributed by atoms with Crippen LogP contribution in [0.5, 0.6) is 23.0 Å². The van der Waals surface area contributed by atoms with Gasteiger partial charge < -0.3 is 16.7 Å². The van der Waals surface area contributed by atoms with E-state index >= 15 is 0 Å². The van der Waals surface area contributed by atoms with Crippen LogP contribution in [0.1, 0.15) is 51.2 Å². The molecule has 0 radical (unpaired) electrons. The van der Waals surface area contributed by atoms with Crippen molar-refractivity contribution in [3.63, 3.8) is 0 Å². The summed E-state index contributed by atoms with van der Waals surface area (Å²) in [5.74, 6) is 0.970. The van der Waals surface area contributed by atoms with Crippen molar-refractivity contribution in [2.45, 2.75) is 45.4 Å². The summed E-state index contributed by atoms with van der Waals surface area (Å²) in [6.45, 7) is 6.71. The molecule has 1 unspecified atom stereocenters. The largest absolute Gasteiger partial charge is 0.500 e. The highest BCUT2D eigenvalue weighted by Crippen LogP contribution is 2.53. The average molecular weight is 623 g/mol. The van der Waals surface area contributed by atoms with Gasteiger partial charge in [0, 0.05) is 5.41 Å². The van der Waals surface area contributed by atoms with Gasteiger partial charge in [0.2, 0.25) is 0 Å². The minimum atomic E-state index is -4.33. The lowest BCUT2D eigenvalue weighted by molar-refractivity contribution is 0.127. The Bertz CT molecular complexity index is 1620. The molecule has 0 N–H and O–H groups in total. The van der Waals surface area contributed by atoms with Crippen LogP contribution >= 0.6 is 0 Å². The zero-order valence-electron chi connectivity index (χ0n) is 24.2. The van der Waals surface area contributed by atoms with Gasteiger partial charge in [-0.3, -0.25) is 0 Å². The summed E-state index contributed by atoms with van der Waals surface area (Å²) >= 11 is 0. The van der Waals surface area contributed by atoms with Crippen LogP contribution in [-0.4, -0.2) is 16.8 Å². The molecule has 1 atom stereocenters. The second kappa shape index (κ2) is 11.9. The third-order valence-corrected chi connectivity index (χ3v) is 9.06. The van der Waals surface area contributed by atoms with Crippen molar-refractivity contribution in [2.75, 3.05) is 0 Å². The SMILES string of the molecule is CC1CC(C)(C)CC(c2ccc(OS(=O)(=O)Oc3ccccc3)cc2)(c2ccc(OS(=O)(=O)Oc3ccccc3)cc2)C1. The van der Waals surface area contributed by atoms with Crippen molar-refractivity contribution in [3.8, 4) is 23.0 Å². The molecule has 1 saturated carbocycles. The fourth-order valence-corrected chi connectivity index (χ4v) is 7.75. The summed E-state index contributed by atoms with van der Waals surface area (Å²) in [5, 5.41) is 0. The van der Waals surface area contributed by atoms with Crippen LogP contribution in [0, 0.1) is 11.3 Å². The fourth-order valence-electron chi connectivity index (χ4n) is 6.29. The molecule has 0 bridgehead atoms. The Morgan fingerprint density at radius 1 is 0.535 bits per heavy atom. The van der Waals surface area contributed by atoms with Crippen molar-refractivity contribution >= 4 is 20.8 Å². The molecule has 226 valence electrons. The van der Waals surface area contributed by atoms with E-state index in [1.165, 1.54) is 24.3 Å². The smallest absolute Gasteiger partial charge is 0.353 e. The van der Waals surface area contributed by atoms with Gasteiger partial charge in [0.25, 0.3) is 0 Å². The Balaban J connectivity index is 1.40. The molecule has 1 fully saturated rings. The van der Waals surface area contributed by atoms with Crippen LogP contribution in [0.15, 0.2) is 109 Å². The topological polar surface area (TPSA) is 105 Å². The van der Waals surface area contributed by atoms with Crippen LogP contribution in [0.25, 0.3) is 0 Å². The van der Waals surface area contributed by atoms with Crippen molar-refractivity contribution in [1.29, 1.82) is 0 Å². The zero-order chi connectivity index (χ0) is 30.7. The van der Waals surface area contributed by atoms with E-state index in [1.807, 2.05) is 24.3 Å². The van der Waals surface area contributed by atoms with Crippen LogP contribution in [0.2, 0.25) is 0 Å². The molecule has 4 aromatic rings. The molecule has 5 rings (SSSR count). The molecule has 43 heavy (non-hydrogen) atoms. The number of hydrogen-bond acceptors (Lipinski definition) is 8. The van der Waals surface area contributed by atoms with Crippen LogP contribution in [0.3, 0.4) is 0 Å². The highest BCUT2D eigenvalue weighted by atomic mass is 32.3. The Kier molecular flexibility index (Phi) is 8.45. The molecular formula is C33H34O8S2. The first-order valence-electron chi connectivity index (χ1n) is 13.9. The predicted molar refractivity (Wildman–Crippen MR) is 164 cm³/mol. The maximum Gasteiger partial charge on any atom is 0.500 e. The van der Waals surface area contributed by atoms with E-state index in [4.69, 9.17) is 16.7 Å². The lowest BCUT2D eigenvalue weighted by Crippen LogP contribution is -2.41. The zero-order valence-corrected chi connectivity index (χ0v) is 25.8. The highest BCUT2D eigenvalue weighted by molar-refractivity contribution is 7.82. The van der Waals surface area contributed by atoms with Gasteiger partial charge in [-0.05, 0) is 90.3 Å². The first kappa shape index (κ1) is 30.4. The van der Waals surface area contributed by atoms with E-state index < -0.39 is 26.2 Å². The van der Waals surface area contributed by atoms with E-state index in [9.17, 15) is 16.8 Å². The summed E-state index contributed by atoms with van der Waals surface area (Å²) in [6, 6.07) is 30.3. The van der Waals surface area contributed by atoms with Gasteiger partial charge in [0.15, 0.2) is 0 Å². The van der Waals surface area contributed by atoms with Crippen LogP contribution in [-0.2, 0) is 26.2 Å². The molecule has 0 amide bonds. The summed E-state index contributed by atoms with van der Waals surface area (Å²) in [7, 11) is -8.67. The van der Waals surface area contributed by atoms with Crippen molar-refractivity contribution in [3.05, 3.63) is 120 Å². The van der Waals surface area contributed by atoms with Gasteiger partial charge >= 0.3 is 20.8 Å². The summed E-state index contributed by atoms with van der Waals surface area (Å²) in [4.78, 5) is 0. The molecule has 8 nitrogen and oxygen atoms in total. The number of hydrogen-bond donors (Lipinski definition) is 0. The Labute approximate surface area is 253 Å². The monoisotopic (exact) mass is 622 g/mol. The molecule has 10 heteroatoms. The molecule has 0 spiro atoms. The van der Waals surface area contributed by atoms with Gasteiger partial charge in [-0.1, -0.05) is 81.4 Å². The van der Waals surface area contributed by atoms with E-state index in [2.05, 4.69) is 20.8 Å². The second-order valence-electron chi connectivity index (χ2n) is 11.8. The Morgan fingerprint density at radius 2 is 0.884 bits per heavy atom. The minimum absolute atomic E-state index is 0.0156. The van der Waals surface area contributed by atoms with E-state index in [0.717, 1.165) is 30.4 Å². The molecule has 1 aliphatic rings. The second-order valence-corrected chi connectivity index (χ2v) is 14.1. The van der Waals surface area contributed by atoms with Crippen molar-refractivity contribution < 1.29 is 33.6 Å². The van der Waals surface area contributed by atoms with Crippen LogP contribution < -0.4 is 16.7 Å². The third kappa shape index (κ3) is 7.69. The quantitative estimate of drug-likeness (QED) is 0.183. The lowest BCUT2D eigenvalue weighted by Gasteiger charge is -2.48. The molecule has 0 aliphatic heterocycles. The van der Waals surface area contributed by atoms with E-state index in [0.29, 0.717) is 5.92 Å².